The van der Waals surface area contributed by atoms with Gasteiger partial charge in [0.25, 0.3) is 0 Å². The van der Waals surface area contributed by atoms with Crippen LogP contribution >= 0.6 is 11.6 Å². The number of benzene rings is 1. The lowest BCUT2D eigenvalue weighted by Crippen LogP contribution is -2.41. The van der Waals surface area contributed by atoms with Gasteiger partial charge < -0.3 is 15.2 Å². The number of nitrogens with one attached hydrogen (secondary N) is 2. The summed E-state index contributed by atoms with van der Waals surface area (Å²) >= 11 is 5.83. The summed E-state index contributed by atoms with van der Waals surface area (Å²) in [5, 5.41) is 9.63. The first-order valence-electron chi connectivity index (χ1n) is 7.72. The van der Waals surface area contributed by atoms with Gasteiger partial charge in [-0.3, -0.25) is 9.59 Å². The molecule has 0 fully saturated rings. The van der Waals surface area contributed by atoms with Crippen LogP contribution in [0.25, 0.3) is 0 Å². The summed E-state index contributed by atoms with van der Waals surface area (Å²) in [5.74, 6) is 0.433. The van der Waals surface area contributed by atoms with Crippen LogP contribution in [0.15, 0.2) is 34.9 Å². The Morgan fingerprint density at radius 2 is 2.00 bits per heavy atom. The van der Waals surface area contributed by atoms with Gasteiger partial charge in [0, 0.05) is 17.5 Å². The molecule has 0 radical (unpaired) electrons. The lowest BCUT2D eigenvalue weighted by atomic mass is 10.1. The molecule has 24 heavy (non-hydrogen) atoms. The first kappa shape index (κ1) is 18.0. The van der Waals surface area contributed by atoms with Gasteiger partial charge >= 0.3 is 0 Å². The van der Waals surface area contributed by atoms with Crippen molar-refractivity contribution in [3.63, 3.8) is 0 Å². The van der Waals surface area contributed by atoms with Crippen LogP contribution in [-0.2, 0) is 16.0 Å². The number of aromatic nitrogens is 1. The van der Waals surface area contributed by atoms with E-state index in [1.54, 1.807) is 19.9 Å². The molecule has 1 atom stereocenters. The van der Waals surface area contributed by atoms with Crippen LogP contribution in [0.2, 0.25) is 5.02 Å². The van der Waals surface area contributed by atoms with Crippen LogP contribution in [0.4, 0.5) is 5.82 Å². The summed E-state index contributed by atoms with van der Waals surface area (Å²) in [6, 6.07) is 8.50. The number of carbonyl (C=O) groups excluding carboxylic acids is 2. The molecule has 7 heteroatoms. The average molecular weight is 350 g/mol. The van der Waals surface area contributed by atoms with Crippen LogP contribution < -0.4 is 10.6 Å². The topological polar surface area (TPSA) is 84.2 Å². The van der Waals surface area contributed by atoms with E-state index >= 15 is 0 Å². The van der Waals surface area contributed by atoms with Crippen LogP contribution in [0.5, 0.6) is 0 Å². The fraction of sp³-hybridized carbons (Fsp3) is 0.353. The van der Waals surface area contributed by atoms with Crippen molar-refractivity contribution in [2.45, 2.75) is 39.2 Å². The Hall–Kier alpha value is -2.34. The maximum Gasteiger partial charge on any atom is 0.247 e. The largest absolute Gasteiger partial charge is 0.360 e. The van der Waals surface area contributed by atoms with Crippen molar-refractivity contribution in [3.05, 3.63) is 46.7 Å². The molecule has 2 N–H and O–H groups in total. The lowest BCUT2D eigenvalue weighted by Gasteiger charge is -2.12. The second-order valence-electron chi connectivity index (χ2n) is 5.58. The molecule has 2 rings (SSSR count). The molecule has 0 aliphatic rings. The Balaban J connectivity index is 1.70. The Labute approximate surface area is 145 Å². The normalized spacial score (nSPS) is 11.8. The monoisotopic (exact) mass is 349 g/mol. The van der Waals surface area contributed by atoms with Gasteiger partial charge in [-0.1, -0.05) is 28.9 Å². The molecule has 0 aliphatic heterocycles. The molecule has 6 nitrogen and oxygen atoms in total. The molecule has 0 saturated heterocycles. The van der Waals surface area contributed by atoms with Crippen molar-refractivity contribution in [2.75, 3.05) is 5.32 Å². The second-order valence-corrected chi connectivity index (χ2v) is 6.02. The smallest absolute Gasteiger partial charge is 0.247 e. The highest BCUT2D eigenvalue weighted by atomic mass is 35.5. The van der Waals surface area contributed by atoms with E-state index in [0.717, 1.165) is 12.0 Å². The van der Waals surface area contributed by atoms with E-state index in [1.165, 1.54) is 0 Å². The van der Waals surface area contributed by atoms with Gasteiger partial charge in [0.1, 0.15) is 11.8 Å². The molecular formula is C17H20ClN3O3. The van der Waals surface area contributed by atoms with Crippen molar-refractivity contribution in [3.8, 4) is 0 Å². The number of hydrogen-bond acceptors (Lipinski definition) is 4. The third-order valence-corrected chi connectivity index (χ3v) is 3.68. The number of rotatable bonds is 7. The van der Waals surface area contributed by atoms with Crippen molar-refractivity contribution >= 4 is 29.2 Å². The Bertz CT molecular complexity index is 697. The molecule has 0 bridgehead atoms. The first-order chi connectivity index (χ1) is 11.4. The molecule has 1 aromatic carbocycles. The molecule has 0 saturated carbocycles. The highest BCUT2D eigenvalue weighted by molar-refractivity contribution is 6.30. The Kier molecular flexibility index (Phi) is 6.37. The predicted molar refractivity (Wildman–Crippen MR) is 91.9 cm³/mol. The van der Waals surface area contributed by atoms with Gasteiger partial charge in [-0.2, -0.15) is 0 Å². The zero-order valence-electron chi connectivity index (χ0n) is 13.6. The molecule has 1 heterocycles. The molecule has 0 aliphatic carbocycles. The SMILES string of the molecule is Cc1cc(NC(=O)[C@@H](C)NC(=O)CCCc2ccc(Cl)cc2)no1. The zero-order chi connectivity index (χ0) is 17.5. The van der Waals surface area contributed by atoms with Crippen molar-refractivity contribution in [2.24, 2.45) is 0 Å². The van der Waals surface area contributed by atoms with Crippen LogP contribution in [0.1, 0.15) is 31.1 Å². The van der Waals surface area contributed by atoms with E-state index in [9.17, 15) is 9.59 Å². The summed E-state index contributed by atoms with van der Waals surface area (Å²) in [6.45, 7) is 3.36. The van der Waals surface area contributed by atoms with Gasteiger partial charge in [-0.05, 0) is 44.4 Å². The van der Waals surface area contributed by atoms with Gasteiger partial charge in [0.05, 0.1) is 0 Å². The van der Waals surface area contributed by atoms with E-state index in [2.05, 4.69) is 15.8 Å². The maximum atomic E-state index is 12.0. The van der Waals surface area contributed by atoms with Crippen molar-refractivity contribution in [1.29, 1.82) is 0 Å². The van der Waals surface area contributed by atoms with Gasteiger partial charge in [-0.15, -0.1) is 0 Å². The Morgan fingerprint density at radius 3 is 2.62 bits per heavy atom. The number of anilines is 1. The fourth-order valence-electron chi connectivity index (χ4n) is 2.14. The van der Waals surface area contributed by atoms with E-state index in [1.807, 2.05) is 24.3 Å². The molecule has 1 aromatic heterocycles. The van der Waals surface area contributed by atoms with E-state index in [4.69, 9.17) is 16.1 Å². The molecule has 0 spiro atoms. The van der Waals surface area contributed by atoms with E-state index in [0.29, 0.717) is 29.4 Å². The molecule has 0 unspecified atom stereocenters. The minimum Gasteiger partial charge on any atom is -0.360 e. The third-order valence-electron chi connectivity index (χ3n) is 3.43. The standard InChI is InChI=1S/C17H20ClN3O3/c1-11-10-15(21-24-11)20-17(23)12(2)19-16(22)5-3-4-13-6-8-14(18)9-7-13/h6-10,12H,3-5H2,1-2H3,(H,19,22)(H,20,21,23)/t12-/m1/s1. The number of carbonyl (C=O) groups is 2. The number of aryl methyl sites for hydroxylation is 2. The van der Waals surface area contributed by atoms with E-state index < -0.39 is 6.04 Å². The number of amides is 2. The number of nitrogens with zero attached hydrogens (tertiary/aromatic N) is 1. The summed E-state index contributed by atoms with van der Waals surface area (Å²) in [5.41, 5.74) is 1.12. The average Bonchev–Trinajstić information content (AvgIpc) is 2.94. The van der Waals surface area contributed by atoms with E-state index in [-0.39, 0.29) is 11.8 Å². The van der Waals surface area contributed by atoms with Crippen LogP contribution in [0, 0.1) is 6.92 Å². The number of hydrogen-bond donors (Lipinski definition) is 2. The van der Waals surface area contributed by atoms with Crippen molar-refractivity contribution < 1.29 is 14.1 Å². The summed E-state index contributed by atoms with van der Waals surface area (Å²) in [7, 11) is 0. The zero-order valence-corrected chi connectivity index (χ0v) is 14.4. The highest BCUT2D eigenvalue weighted by Crippen LogP contribution is 2.12. The fourth-order valence-corrected chi connectivity index (χ4v) is 2.27. The predicted octanol–water partition coefficient (Wildman–Crippen LogP) is 3.10. The first-order valence-corrected chi connectivity index (χ1v) is 8.10. The number of halogens is 1. The lowest BCUT2D eigenvalue weighted by molar-refractivity contribution is -0.126. The second kappa shape index (κ2) is 8.49. The van der Waals surface area contributed by atoms with Gasteiger partial charge in [0.15, 0.2) is 5.82 Å². The summed E-state index contributed by atoms with van der Waals surface area (Å²) in [6.07, 6.45) is 1.83. The van der Waals surface area contributed by atoms with Gasteiger partial charge in [-0.25, -0.2) is 0 Å². The minimum absolute atomic E-state index is 0.164. The third kappa shape index (κ3) is 5.70. The Morgan fingerprint density at radius 1 is 1.29 bits per heavy atom. The molecule has 2 aromatic rings. The molecule has 128 valence electrons. The quantitative estimate of drug-likeness (QED) is 0.804. The highest BCUT2D eigenvalue weighted by Gasteiger charge is 2.16. The molecular weight excluding hydrogens is 330 g/mol. The van der Waals surface area contributed by atoms with Gasteiger partial charge in [0.2, 0.25) is 11.8 Å². The van der Waals surface area contributed by atoms with Crippen molar-refractivity contribution in [1.82, 2.24) is 10.5 Å². The molecule has 2 amide bonds. The maximum absolute atomic E-state index is 12.0. The summed E-state index contributed by atoms with van der Waals surface area (Å²) < 4.78 is 4.87. The van der Waals surface area contributed by atoms with Crippen LogP contribution in [-0.4, -0.2) is 23.0 Å². The summed E-state index contributed by atoms with van der Waals surface area (Å²) in [4.78, 5) is 23.9. The minimum atomic E-state index is -0.648. The van der Waals surface area contributed by atoms with Crippen LogP contribution in [0.3, 0.4) is 0 Å².